The molecule has 2 aromatic rings. The summed E-state index contributed by atoms with van der Waals surface area (Å²) < 4.78 is 40.8. The zero-order chi connectivity index (χ0) is 22.7. The molecule has 4 bridgehead atoms. The minimum absolute atomic E-state index is 0.0387. The van der Waals surface area contributed by atoms with Crippen LogP contribution in [0.5, 0.6) is 0 Å². The van der Waals surface area contributed by atoms with Gasteiger partial charge in [0.2, 0.25) is 5.91 Å². The lowest BCUT2D eigenvalue weighted by molar-refractivity contribution is -0.137. The van der Waals surface area contributed by atoms with E-state index in [0.29, 0.717) is 23.4 Å². The average Bonchev–Trinajstić information content (AvgIpc) is 2.93. The molecule has 0 saturated heterocycles. The molecule has 1 heterocycles. The molecular formula is C25H30F3N3O. The van der Waals surface area contributed by atoms with E-state index in [-0.39, 0.29) is 17.9 Å². The van der Waals surface area contributed by atoms with Crippen LogP contribution in [0.1, 0.15) is 67.5 Å². The molecule has 0 unspecified atom stereocenters. The van der Waals surface area contributed by atoms with Crippen molar-refractivity contribution < 1.29 is 18.0 Å². The Bertz CT molecular complexity index is 1000. The summed E-state index contributed by atoms with van der Waals surface area (Å²) in [5, 5.41) is 7.59. The summed E-state index contributed by atoms with van der Waals surface area (Å²) in [6.07, 6.45) is 3.78. The topological polar surface area (TPSA) is 46.9 Å². The van der Waals surface area contributed by atoms with Gasteiger partial charge in [0.1, 0.15) is 0 Å². The molecule has 0 radical (unpaired) electrons. The monoisotopic (exact) mass is 445 g/mol. The Labute approximate surface area is 186 Å². The van der Waals surface area contributed by atoms with E-state index >= 15 is 0 Å². The first-order valence-corrected chi connectivity index (χ1v) is 11.6. The second kappa shape index (κ2) is 7.63. The Hall–Kier alpha value is -2.31. The third-order valence-electron chi connectivity index (χ3n) is 7.93. The van der Waals surface area contributed by atoms with Crippen LogP contribution in [-0.4, -0.2) is 15.7 Å². The van der Waals surface area contributed by atoms with E-state index in [1.165, 1.54) is 44.6 Å². The molecule has 4 aliphatic carbocycles. The lowest BCUT2D eigenvalue weighted by Gasteiger charge is -2.56. The molecule has 1 aromatic heterocycles. The van der Waals surface area contributed by atoms with Gasteiger partial charge in [-0.3, -0.25) is 9.48 Å². The first kappa shape index (κ1) is 21.5. The number of nitrogens with one attached hydrogen (secondary N) is 1. The summed E-state index contributed by atoms with van der Waals surface area (Å²) in [5.41, 5.74) is 2.16. The number of carbonyl (C=O) groups excluding carboxylic acids is 1. The fraction of sp³-hybridized carbons (Fsp3) is 0.600. The van der Waals surface area contributed by atoms with Crippen molar-refractivity contribution in [2.24, 2.45) is 23.2 Å². The van der Waals surface area contributed by atoms with Gasteiger partial charge < -0.3 is 5.32 Å². The molecule has 0 aliphatic heterocycles. The molecule has 4 saturated carbocycles. The number of hydrogen-bond donors (Lipinski definition) is 1. The van der Waals surface area contributed by atoms with E-state index in [1.54, 1.807) is 10.7 Å². The van der Waals surface area contributed by atoms with E-state index in [0.717, 1.165) is 35.6 Å². The number of halogens is 3. The molecule has 4 nitrogen and oxygen atoms in total. The fourth-order valence-corrected chi connectivity index (χ4v) is 7.08. The van der Waals surface area contributed by atoms with Crippen LogP contribution in [0.25, 0.3) is 0 Å². The number of aryl methyl sites for hydroxylation is 1. The molecule has 4 aliphatic rings. The van der Waals surface area contributed by atoms with Crippen molar-refractivity contribution in [2.45, 2.75) is 71.5 Å². The molecular weight excluding hydrogens is 415 g/mol. The number of hydrogen-bond acceptors (Lipinski definition) is 2. The number of rotatable bonds is 5. The molecule has 1 aromatic carbocycles. The maximum absolute atomic E-state index is 13.1. The Kier molecular flexibility index (Phi) is 5.13. The molecule has 7 heteroatoms. The summed E-state index contributed by atoms with van der Waals surface area (Å²) in [6, 6.07) is 5.30. The Morgan fingerprint density at radius 3 is 2.34 bits per heavy atom. The molecule has 32 heavy (non-hydrogen) atoms. The second-order valence-corrected chi connectivity index (χ2v) is 10.5. The van der Waals surface area contributed by atoms with Crippen molar-refractivity contribution in [2.75, 3.05) is 5.32 Å². The summed E-state index contributed by atoms with van der Waals surface area (Å²) >= 11 is 0. The second-order valence-electron chi connectivity index (χ2n) is 10.5. The van der Waals surface area contributed by atoms with E-state index in [9.17, 15) is 18.0 Å². The molecule has 0 spiro atoms. The van der Waals surface area contributed by atoms with E-state index in [2.05, 4.69) is 10.4 Å². The van der Waals surface area contributed by atoms with Crippen molar-refractivity contribution in [3.05, 3.63) is 46.8 Å². The Morgan fingerprint density at radius 2 is 1.75 bits per heavy atom. The van der Waals surface area contributed by atoms with Crippen LogP contribution >= 0.6 is 0 Å². The highest BCUT2D eigenvalue weighted by Gasteiger charge is 2.51. The zero-order valence-corrected chi connectivity index (χ0v) is 18.6. The minimum atomic E-state index is -4.37. The number of aromatic nitrogens is 2. The molecule has 4 fully saturated rings. The smallest absolute Gasteiger partial charge is 0.323 e. The highest BCUT2D eigenvalue weighted by Crippen LogP contribution is 2.61. The number of nitrogens with zero attached hydrogens (tertiary/aromatic N) is 2. The zero-order valence-electron chi connectivity index (χ0n) is 18.6. The minimum Gasteiger partial charge on any atom is -0.323 e. The normalized spacial score (nSPS) is 28.8. The predicted octanol–water partition coefficient (Wildman–Crippen LogP) is 6.11. The molecule has 0 atom stereocenters. The third kappa shape index (κ3) is 4.06. The number of benzene rings is 1. The number of amides is 1. The largest absolute Gasteiger partial charge is 0.416 e. The quantitative estimate of drug-likeness (QED) is 0.603. The van der Waals surface area contributed by atoms with Gasteiger partial charge in [0, 0.05) is 6.42 Å². The fourth-order valence-electron chi connectivity index (χ4n) is 7.08. The summed E-state index contributed by atoms with van der Waals surface area (Å²) in [6.45, 7) is 3.91. The van der Waals surface area contributed by atoms with E-state index in [1.807, 2.05) is 13.8 Å². The van der Waals surface area contributed by atoms with Gasteiger partial charge in [-0.2, -0.15) is 18.3 Å². The van der Waals surface area contributed by atoms with Crippen molar-refractivity contribution >= 4 is 11.6 Å². The van der Waals surface area contributed by atoms with Gasteiger partial charge in [-0.05, 0) is 93.2 Å². The van der Waals surface area contributed by atoms with E-state index < -0.39 is 11.7 Å². The first-order valence-electron chi connectivity index (χ1n) is 11.6. The van der Waals surface area contributed by atoms with Gasteiger partial charge in [-0.1, -0.05) is 12.1 Å². The maximum Gasteiger partial charge on any atom is 0.416 e. The lowest BCUT2D eigenvalue weighted by Crippen LogP contribution is -2.47. The third-order valence-corrected chi connectivity index (χ3v) is 7.93. The SMILES string of the molecule is Cc1nn(Cc2cccc(C(F)(F)F)c2)c(C)c1NC(=O)CC12CC3CC(CC(C3)C1)C2. The van der Waals surface area contributed by atoms with Gasteiger partial charge in [-0.15, -0.1) is 0 Å². The highest BCUT2D eigenvalue weighted by molar-refractivity contribution is 5.92. The van der Waals surface area contributed by atoms with Crippen LogP contribution in [0.15, 0.2) is 24.3 Å². The van der Waals surface area contributed by atoms with Crippen LogP contribution in [0.4, 0.5) is 18.9 Å². The maximum atomic E-state index is 13.1. The Balaban J connectivity index is 1.29. The standard InChI is InChI=1S/C25H30F3N3O/c1-15-23(16(2)31(30-15)14-17-4-3-5-21(9-17)25(26,27)28)29-22(32)13-24-10-18-6-19(11-24)8-20(7-18)12-24/h3-5,9,18-20H,6-8,10-14H2,1-2H3,(H,29,32). The van der Waals surface area contributed by atoms with Crippen molar-refractivity contribution in [1.29, 1.82) is 0 Å². The predicted molar refractivity (Wildman–Crippen MR) is 116 cm³/mol. The van der Waals surface area contributed by atoms with Crippen molar-refractivity contribution in [3.8, 4) is 0 Å². The van der Waals surface area contributed by atoms with Gasteiger partial charge >= 0.3 is 6.18 Å². The van der Waals surface area contributed by atoms with Gasteiger partial charge in [-0.25, -0.2) is 0 Å². The van der Waals surface area contributed by atoms with Crippen LogP contribution < -0.4 is 5.32 Å². The van der Waals surface area contributed by atoms with Crippen LogP contribution in [0.2, 0.25) is 0 Å². The average molecular weight is 446 g/mol. The molecule has 1 N–H and O–H groups in total. The molecule has 172 valence electrons. The Morgan fingerprint density at radius 1 is 1.12 bits per heavy atom. The summed E-state index contributed by atoms with van der Waals surface area (Å²) in [4.78, 5) is 13.1. The number of anilines is 1. The van der Waals surface area contributed by atoms with Crippen molar-refractivity contribution in [1.82, 2.24) is 9.78 Å². The van der Waals surface area contributed by atoms with Crippen molar-refractivity contribution in [3.63, 3.8) is 0 Å². The lowest BCUT2D eigenvalue weighted by atomic mass is 9.49. The van der Waals surface area contributed by atoms with Crippen LogP contribution in [0, 0.1) is 37.0 Å². The number of alkyl halides is 3. The van der Waals surface area contributed by atoms with E-state index in [4.69, 9.17) is 0 Å². The van der Waals surface area contributed by atoms with Crippen LogP contribution in [-0.2, 0) is 17.5 Å². The van der Waals surface area contributed by atoms with Gasteiger partial charge in [0.05, 0.1) is 29.2 Å². The highest BCUT2D eigenvalue weighted by atomic mass is 19.4. The summed E-state index contributed by atoms with van der Waals surface area (Å²) in [7, 11) is 0. The first-order chi connectivity index (χ1) is 15.1. The molecule has 6 rings (SSSR count). The van der Waals surface area contributed by atoms with Crippen LogP contribution in [0.3, 0.4) is 0 Å². The van der Waals surface area contributed by atoms with Gasteiger partial charge in [0.25, 0.3) is 0 Å². The number of carbonyl (C=O) groups is 1. The molecule has 1 amide bonds. The van der Waals surface area contributed by atoms with Gasteiger partial charge in [0.15, 0.2) is 0 Å². The summed E-state index contributed by atoms with van der Waals surface area (Å²) in [5.74, 6) is 2.44.